The van der Waals surface area contributed by atoms with E-state index in [4.69, 9.17) is 4.74 Å². The van der Waals surface area contributed by atoms with Crippen molar-refractivity contribution in [3.05, 3.63) is 58.6 Å². The van der Waals surface area contributed by atoms with Crippen LogP contribution in [0.3, 0.4) is 0 Å². The summed E-state index contributed by atoms with van der Waals surface area (Å²) >= 11 is 3.38. The highest BCUT2D eigenvalue weighted by Gasteiger charge is 2.28. The maximum atomic E-state index is 12.6. The summed E-state index contributed by atoms with van der Waals surface area (Å²) in [4.78, 5) is 14.4. The zero-order valence-corrected chi connectivity index (χ0v) is 13.3. The second kappa shape index (κ2) is 5.90. The number of amides is 1. The number of fused-ring (bicyclic) bond motifs is 1. The summed E-state index contributed by atoms with van der Waals surface area (Å²) in [7, 11) is 0. The maximum absolute atomic E-state index is 12.6. The van der Waals surface area contributed by atoms with Gasteiger partial charge in [0.15, 0.2) is 6.10 Å². The first-order chi connectivity index (χ1) is 10.1. The standard InChI is InChI=1S/C17H16BrNO2/c1-12(21-15-8-6-14(18)7-9-15)17(20)19-11-10-13-4-2-3-5-16(13)19/h2-9,12H,10-11H2,1H3/t12-/m0/s1. The van der Waals surface area contributed by atoms with Crippen LogP contribution in [0.1, 0.15) is 12.5 Å². The third-order valence-corrected chi connectivity index (χ3v) is 4.16. The van der Waals surface area contributed by atoms with Crippen molar-refractivity contribution >= 4 is 27.5 Å². The Balaban J connectivity index is 1.72. The van der Waals surface area contributed by atoms with E-state index in [2.05, 4.69) is 22.0 Å². The largest absolute Gasteiger partial charge is 0.481 e. The number of carbonyl (C=O) groups is 1. The fourth-order valence-electron chi connectivity index (χ4n) is 2.55. The van der Waals surface area contributed by atoms with Gasteiger partial charge in [-0.05, 0) is 49.2 Å². The Morgan fingerprint density at radius 1 is 1.19 bits per heavy atom. The van der Waals surface area contributed by atoms with E-state index in [0.29, 0.717) is 5.75 Å². The molecule has 3 rings (SSSR count). The van der Waals surface area contributed by atoms with Gasteiger partial charge in [0.25, 0.3) is 5.91 Å². The van der Waals surface area contributed by atoms with Crippen LogP contribution in [0.25, 0.3) is 0 Å². The topological polar surface area (TPSA) is 29.5 Å². The molecule has 21 heavy (non-hydrogen) atoms. The number of halogens is 1. The SMILES string of the molecule is C[C@H](Oc1ccc(Br)cc1)C(=O)N1CCc2ccccc21. The van der Waals surface area contributed by atoms with Gasteiger partial charge in [0.2, 0.25) is 0 Å². The number of ether oxygens (including phenoxy) is 1. The summed E-state index contributed by atoms with van der Waals surface area (Å²) in [6.07, 6.45) is 0.407. The number of para-hydroxylation sites is 1. The van der Waals surface area contributed by atoms with E-state index in [9.17, 15) is 4.79 Å². The van der Waals surface area contributed by atoms with Crippen molar-refractivity contribution in [3.63, 3.8) is 0 Å². The van der Waals surface area contributed by atoms with Crippen molar-refractivity contribution in [2.45, 2.75) is 19.4 Å². The lowest BCUT2D eigenvalue weighted by Crippen LogP contribution is -2.39. The molecule has 3 nitrogen and oxygen atoms in total. The summed E-state index contributed by atoms with van der Waals surface area (Å²) in [5.41, 5.74) is 2.23. The number of rotatable bonds is 3. The molecule has 1 atom stereocenters. The smallest absolute Gasteiger partial charge is 0.267 e. The van der Waals surface area contributed by atoms with E-state index in [1.54, 1.807) is 6.92 Å². The molecule has 4 heteroatoms. The van der Waals surface area contributed by atoms with Gasteiger partial charge in [-0.15, -0.1) is 0 Å². The molecule has 1 heterocycles. The van der Waals surface area contributed by atoms with E-state index >= 15 is 0 Å². The Morgan fingerprint density at radius 3 is 2.67 bits per heavy atom. The third-order valence-electron chi connectivity index (χ3n) is 3.63. The normalized spacial score (nSPS) is 14.7. The van der Waals surface area contributed by atoms with Gasteiger partial charge in [0.1, 0.15) is 5.75 Å². The van der Waals surface area contributed by atoms with Crippen molar-refractivity contribution in [1.29, 1.82) is 0 Å². The zero-order chi connectivity index (χ0) is 14.8. The van der Waals surface area contributed by atoms with Crippen molar-refractivity contribution < 1.29 is 9.53 Å². The van der Waals surface area contributed by atoms with Crippen LogP contribution in [0.2, 0.25) is 0 Å². The lowest BCUT2D eigenvalue weighted by Gasteiger charge is -2.22. The summed E-state index contributed by atoms with van der Waals surface area (Å²) < 4.78 is 6.73. The number of carbonyl (C=O) groups excluding carboxylic acids is 1. The highest BCUT2D eigenvalue weighted by atomic mass is 79.9. The molecule has 0 saturated heterocycles. The van der Waals surface area contributed by atoms with Gasteiger partial charge < -0.3 is 9.64 Å². The molecular weight excluding hydrogens is 330 g/mol. The van der Waals surface area contributed by atoms with Gasteiger partial charge in [0, 0.05) is 16.7 Å². The molecule has 0 spiro atoms. The van der Waals surface area contributed by atoms with E-state index in [1.807, 2.05) is 47.4 Å². The van der Waals surface area contributed by atoms with E-state index in [-0.39, 0.29) is 5.91 Å². The Bertz CT molecular complexity index is 654. The Labute approximate surface area is 132 Å². The molecule has 0 saturated carbocycles. The average Bonchev–Trinajstić information content (AvgIpc) is 2.92. The highest BCUT2D eigenvalue weighted by Crippen LogP contribution is 2.28. The van der Waals surface area contributed by atoms with Crippen molar-refractivity contribution in [1.82, 2.24) is 0 Å². The molecule has 108 valence electrons. The first kappa shape index (κ1) is 14.1. The first-order valence-electron chi connectivity index (χ1n) is 6.96. The molecule has 0 unspecified atom stereocenters. The van der Waals surface area contributed by atoms with Crippen LogP contribution >= 0.6 is 15.9 Å². The molecule has 1 amide bonds. The second-order valence-corrected chi connectivity index (χ2v) is 6.00. The highest BCUT2D eigenvalue weighted by molar-refractivity contribution is 9.10. The second-order valence-electron chi connectivity index (χ2n) is 5.08. The molecule has 0 radical (unpaired) electrons. The van der Waals surface area contributed by atoms with Gasteiger partial charge in [-0.3, -0.25) is 4.79 Å². The van der Waals surface area contributed by atoms with Gasteiger partial charge in [-0.2, -0.15) is 0 Å². The zero-order valence-electron chi connectivity index (χ0n) is 11.8. The summed E-state index contributed by atoms with van der Waals surface area (Å²) in [5.74, 6) is 0.703. The molecular formula is C17H16BrNO2. The number of hydrogen-bond acceptors (Lipinski definition) is 2. The molecule has 1 aliphatic rings. The molecule has 0 N–H and O–H groups in total. The quantitative estimate of drug-likeness (QED) is 0.846. The van der Waals surface area contributed by atoms with Crippen LogP contribution in [0.15, 0.2) is 53.0 Å². The average molecular weight is 346 g/mol. The Hall–Kier alpha value is -1.81. The third kappa shape index (κ3) is 2.95. The lowest BCUT2D eigenvalue weighted by atomic mass is 10.2. The minimum absolute atomic E-state index is 0.00266. The van der Waals surface area contributed by atoms with Crippen molar-refractivity contribution in [2.75, 3.05) is 11.4 Å². The number of benzene rings is 2. The van der Waals surface area contributed by atoms with Crippen LogP contribution in [-0.4, -0.2) is 18.6 Å². The Morgan fingerprint density at radius 2 is 1.90 bits per heavy atom. The number of anilines is 1. The molecule has 0 aromatic heterocycles. The number of nitrogens with zero attached hydrogens (tertiary/aromatic N) is 1. The lowest BCUT2D eigenvalue weighted by molar-refractivity contribution is -0.124. The molecule has 0 bridgehead atoms. The monoisotopic (exact) mass is 345 g/mol. The molecule has 2 aromatic carbocycles. The predicted octanol–water partition coefficient (Wildman–Crippen LogP) is 3.81. The first-order valence-corrected chi connectivity index (χ1v) is 7.76. The van der Waals surface area contributed by atoms with Crippen molar-refractivity contribution in [3.8, 4) is 5.75 Å². The van der Waals surface area contributed by atoms with E-state index < -0.39 is 6.10 Å². The van der Waals surface area contributed by atoms with Gasteiger partial charge in [0.05, 0.1) is 0 Å². The Kier molecular flexibility index (Phi) is 3.97. The molecule has 0 fully saturated rings. The van der Waals surface area contributed by atoms with Gasteiger partial charge >= 0.3 is 0 Å². The van der Waals surface area contributed by atoms with Crippen molar-refractivity contribution in [2.24, 2.45) is 0 Å². The number of hydrogen-bond donors (Lipinski definition) is 0. The molecule has 1 aliphatic heterocycles. The molecule has 0 aliphatic carbocycles. The van der Waals surface area contributed by atoms with E-state index in [1.165, 1.54) is 5.56 Å². The van der Waals surface area contributed by atoms with Crippen LogP contribution < -0.4 is 9.64 Å². The minimum Gasteiger partial charge on any atom is -0.481 e. The minimum atomic E-state index is -0.502. The molecule has 2 aromatic rings. The summed E-state index contributed by atoms with van der Waals surface area (Å²) in [6.45, 7) is 2.53. The fourth-order valence-corrected chi connectivity index (χ4v) is 2.82. The summed E-state index contributed by atoms with van der Waals surface area (Å²) in [5, 5.41) is 0. The van der Waals surface area contributed by atoms with Crippen LogP contribution in [-0.2, 0) is 11.2 Å². The van der Waals surface area contributed by atoms with E-state index in [0.717, 1.165) is 23.1 Å². The van der Waals surface area contributed by atoms with Crippen LogP contribution in [0.4, 0.5) is 5.69 Å². The van der Waals surface area contributed by atoms with Gasteiger partial charge in [-0.1, -0.05) is 34.1 Å². The maximum Gasteiger partial charge on any atom is 0.267 e. The van der Waals surface area contributed by atoms with Crippen LogP contribution in [0, 0.1) is 0 Å². The summed E-state index contributed by atoms with van der Waals surface area (Å²) in [6, 6.07) is 15.5. The predicted molar refractivity (Wildman–Crippen MR) is 86.7 cm³/mol. The van der Waals surface area contributed by atoms with Gasteiger partial charge in [-0.25, -0.2) is 0 Å². The van der Waals surface area contributed by atoms with Crippen LogP contribution in [0.5, 0.6) is 5.75 Å². The fraction of sp³-hybridized carbons (Fsp3) is 0.235.